The molecule has 2 heterocycles. The molecule has 8 heteroatoms. The first kappa shape index (κ1) is 22.9. The number of carboxylic acids is 1. The second-order valence-corrected chi connectivity index (χ2v) is 9.39. The molecule has 0 amide bonds. The molecule has 34 heavy (non-hydrogen) atoms. The first-order valence-electron chi connectivity index (χ1n) is 11.7. The van der Waals surface area contributed by atoms with E-state index in [0.717, 1.165) is 16.5 Å². The number of H-pyrrole nitrogens is 1. The molecule has 1 fully saturated rings. The molecule has 1 unspecified atom stereocenters. The summed E-state index contributed by atoms with van der Waals surface area (Å²) in [5.74, 6) is -2.90. The number of carbonyl (C=O) groups is 1. The van der Waals surface area contributed by atoms with Gasteiger partial charge in [-0.05, 0) is 67.3 Å². The monoisotopic (exact) mass is 474 g/mol. The minimum atomic E-state index is -2.64. The Morgan fingerprint density at radius 3 is 2.41 bits per heavy atom. The minimum Gasteiger partial charge on any atom is -0.481 e. The number of hydrogen-bond donors (Lipinski definition) is 2. The lowest BCUT2D eigenvalue weighted by Gasteiger charge is -2.36. The standard InChI is InChI=1S/C26H26F4N2O2/c27-19-11-16(14-5-7-15(8-6-14)26(33)34)12-20(28)23(19)25-24-18(9-10-32(25)13-22(29)30)17-3-1-2-4-21(17)31-24/h1-4,11-12,14-15,22,25,31H,5-10,13H2,(H,33,34). The Morgan fingerprint density at radius 1 is 1.09 bits per heavy atom. The van der Waals surface area contributed by atoms with Gasteiger partial charge < -0.3 is 10.1 Å². The first-order valence-corrected chi connectivity index (χ1v) is 11.7. The highest BCUT2D eigenvalue weighted by molar-refractivity contribution is 5.85. The Morgan fingerprint density at radius 2 is 1.76 bits per heavy atom. The highest BCUT2D eigenvalue weighted by Gasteiger charge is 2.37. The molecule has 5 rings (SSSR count). The highest BCUT2D eigenvalue weighted by Crippen LogP contribution is 2.42. The Labute approximate surface area is 194 Å². The molecule has 2 aliphatic rings. The lowest BCUT2D eigenvalue weighted by molar-refractivity contribution is -0.142. The molecule has 0 bridgehead atoms. The maximum absolute atomic E-state index is 15.6. The van der Waals surface area contributed by atoms with Gasteiger partial charge in [-0.1, -0.05) is 18.2 Å². The number of carboxylic acid groups (broad SMARTS) is 1. The van der Waals surface area contributed by atoms with Crippen molar-refractivity contribution in [2.75, 3.05) is 13.1 Å². The van der Waals surface area contributed by atoms with Crippen LogP contribution < -0.4 is 0 Å². The van der Waals surface area contributed by atoms with Gasteiger partial charge in [-0.15, -0.1) is 0 Å². The molecular formula is C26H26F4N2O2. The van der Waals surface area contributed by atoms with E-state index in [0.29, 0.717) is 43.4 Å². The van der Waals surface area contributed by atoms with E-state index in [1.54, 1.807) is 0 Å². The second-order valence-electron chi connectivity index (χ2n) is 9.39. The average Bonchev–Trinajstić information content (AvgIpc) is 3.18. The van der Waals surface area contributed by atoms with Gasteiger partial charge in [0.25, 0.3) is 6.43 Å². The van der Waals surface area contributed by atoms with E-state index in [1.807, 2.05) is 24.3 Å². The van der Waals surface area contributed by atoms with Crippen LogP contribution in [-0.4, -0.2) is 40.5 Å². The summed E-state index contributed by atoms with van der Waals surface area (Å²) in [7, 11) is 0. The van der Waals surface area contributed by atoms with E-state index in [1.165, 1.54) is 17.0 Å². The summed E-state index contributed by atoms with van der Waals surface area (Å²) in [6.07, 6.45) is -0.104. The van der Waals surface area contributed by atoms with Gasteiger partial charge in [-0.25, -0.2) is 17.6 Å². The van der Waals surface area contributed by atoms with Crippen LogP contribution in [0.15, 0.2) is 36.4 Å². The van der Waals surface area contributed by atoms with Crippen molar-refractivity contribution in [1.82, 2.24) is 9.88 Å². The number of hydrogen-bond acceptors (Lipinski definition) is 2. The molecule has 1 aliphatic heterocycles. The van der Waals surface area contributed by atoms with Crippen molar-refractivity contribution in [2.45, 2.75) is 50.5 Å². The molecular weight excluding hydrogens is 448 g/mol. The zero-order chi connectivity index (χ0) is 24.0. The summed E-state index contributed by atoms with van der Waals surface area (Å²) < 4.78 is 57.9. The lowest BCUT2D eigenvalue weighted by atomic mass is 9.78. The molecule has 0 saturated heterocycles. The van der Waals surface area contributed by atoms with Crippen LogP contribution in [0.1, 0.15) is 60.0 Å². The quantitative estimate of drug-likeness (QED) is 0.445. The zero-order valence-corrected chi connectivity index (χ0v) is 18.5. The largest absolute Gasteiger partial charge is 0.481 e. The number of rotatable bonds is 5. The summed E-state index contributed by atoms with van der Waals surface area (Å²) >= 11 is 0. The molecule has 1 aliphatic carbocycles. The van der Waals surface area contributed by atoms with Crippen LogP contribution in [0.5, 0.6) is 0 Å². The topological polar surface area (TPSA) is 56.3 Å². The van der Waals surface area contributed by atoms with Crippen molar-refractivity contribution in [3.8, 4) is 0 Å². The fourth-order valence-electron chi connectivity index (χ4n) is 5.77. The van der Waals surface area contributed by atoms with Gasteiger partial charge in [0.2, 0.25) is 0 Å². The fraction of sp³-hybridized carbons (Fsp3) is 0.423. The van der Waals surface area contributed by atoms with Gasteiger partial charge in [-0.2, -0.15) is 0 Å². The fourth-order valence-corrected chi connectivity index (χ4v) is 5.77. The van der Waals surface area contributed by atoms with Crippen LogP contribution in [0.4, 0.5) is 17.6 Å². The Balaban J connectivity index is 1.54. The number of aromatic nitrogens is 1. The van der Waals surface area contributed by atoms with Crippen LogP contribution in [0.2, 0.25) is 0 Å². The third-order valence-electron chi connectivity index (χ3n) is 7.43. The summed E-state index contributed by atoms with van der Waals surface area (Å²) in [5.41, 5.74) is 2.54. The van der Waals surface area contributed by atoms with Gasteiger partial charge in [0, 0.05) is 28.7 Å². The number of fused-ring (bicyclic) bond motifs is 3. The zero-order valence-electron chi connectivity index (χ0n) is 18.5. The third kappa shape index (κ3) is 4.08. The normalized spacial score (nSPS) is 23.4. The van der Waals surface area contributed by atoms with Crippen molar-refractivity contribution in [2.24, 2.45) is 5.92 Å². The lowest BCUT2D eigenvalue weighted by Crippen LogP contribution is -2.40. The van der Waals surface area contributed by atoms with Gasteiger partial charge in [-0.3, -0.25) is 9.69 Å². The van der Waals surface area contributed by atoms with Crippen molar-refractivity contribution < 1.29 is 27.5 Å². The smallest absolute Gasteiger partial charge is 0.306 e. The molecule has 1 aromatic heterocycles. The molecule has 180 valence electrons. The van der Waals surface area contributed by atoms with E-state index in [9.17, 15) is 18.7 Å². The van der Waals surface area contributed by atoms with E-state index < -0.39 is 42.5 Å². The summed E-state index contributed by atoms with van der Waals surface area (Å²) in [4.78, 5) is 15.9. The van der Waals surface area contributed by atoms with E-state index in [4.69, 9.17) is 0 Å². The Bertz CT molecular complexity index is 1190. The third-order valence-corrected chi connectivity index (χ3v) is 7.43. The number of aromatic amines is 1. The number of halogens is 4. The van der Waals surface area contributed by atoms with Crippen LogP contribution in [-0.2, 0) is 11.2 Å². The van der Waals surface area contributed by atoms with Crippen LogP contribution >= 0.6 is 0 Å². The summed E-state index contributed by atoms with van der Waals surface area (Å²) in [6, 6.07) is 9.15. The van der Waals surface area contributed by atoms with Gasteiger partial charge in [0.15, 0.2) is 0 Å². The van der Waals surface area contributed by atoms with Crippen molar-refractivity contribution in [3.05, 3.63) is 70.4 Å². The highest BCUT2D eigenvalue weighted by atomic mass is 19.3. The van der Waals surface area contributed by atoms with Crippen LogP contribution in [0, 0.1) is 17.6 Å². The number of nitrogens with zero attached hydrogens (tertiary/aromatic N) is 1. The minimum absolute atomic E-state index is 0.124. The van der Waals surface area contributed by atoms with Crippen molar-refractivity contribution in [1.29, 1.82) is 0 Å². The number of para-hydroxylation sites is 1. The molecule has 1 atom stereocenters. The van der Waals surface area contributed by atoms with Crippen LogP contribution in [0.25, 0.3) is 10.9 Å². The van der Waals surface area contributed by atoms with Crippen molar-refractivity contribution >= 4 is 16.9 Å². The SMILES string of the molecule is O=C(O)C1CCC(c2cc(F)c(C3c4[nH]c5ccccc5c4CCN3CC(F)F)c(F)c2)CC1. The molecule has 0 radical (unpaired) electrons. The van der Waals surface area contributed by atoms with Gasteiger partial charge in [0.1, 0.15) is 11.6 Å². The number of nitrogens with one attached hydrogen (secondary N) is 1. The molecule has 1 saturated carbocycles. The molecule has 0 spiro atoms. The average molecular weight is 474 g/mol. The number of alkyl halides is 2. The number of benzene rings is 2. The van der Waals surface area contributed by atoms with Gasteiger partial charge >= 0.3 is 5.97 Å². The van der Waals surface area contributed by atoms with E-state index >= 15 is 8.78 Å². The van der Waals surface area contributed by atoms with Gasteiger partial charge in [0.05, 0.1) is 18.5 Å². The Kier molecular flexibility index (Phi) is 6.10. The molecule has 2 aromatic carbocycles. The molecule has 3 aromatic rings. The maximum atomic E-state index is 15.6. The second kappa shape index (κ2) is 9.06. The van der Waals surface area contributed by atoms with E-state index in [-0.39, 0.29) is 18.0 Å². The molecule has 2 N–H and O–H groups in total. The predicted molar refractivity (Wildman–Crippen MR) is 120 cm³/mol. The predicted octanol–water partition coefficient (Wildman–Crippen LogP) is 6.02. The van der Waals surface area contributed by atoms with E-state index in [2.05, 4.69) is 4.98 Å². The maximum Gasteiger partial charge on any atom is 0.306 e. The first-order chi connectivity index (χ1) is 16.3. The molecule has 4 nitrogen and oxygen atoms in total. The Hall–Kier alpha value is -2.87. The van der Waals surface area contributed by atoms with Crippen molar-refractivity contribution in [3.63, 3.8) is 0 Å². The summed E-state index contributed by atoms with van der Waals surface area (Å²) in [6.45, 7) is -0.316. The van der Waals surface area contributed by atoms with Crippen LogP contribution in [0.3, 0.4) is 0 Å². The number of aliphatic carboxylic acids is 1. The summed E-state index contributed by atoms with van der Waals surface area (Å²) in [5, 5.41) is 10.1.